The van der Waals surface area contributed by atoms with Gasteiger partial charge in [0.25, 0.3) is 5.91 Å². The zero-order valence-electron chi connectivity index (χ0n) is 12.1. The Balaban J connectivity index is 1.65. The van der Waals surface area contributed by atoms with Crippen LogP contribution in [0.3, 0.4) is 0 Å². The topological polar surface area (TPSA) is 67.4 Å². The second kappa shape index (κ2) is 5.76. The molecule has 0 aromatic heterocycles. The molecule has 1 aromatic carbocycles. The summed E-state index contributed by atoms with van der Waals surface area (Å²) in [5.74, 6) is 0.537. The van der Waals surface area contributed by atoms with E-state index in [0.717, 1.165) is 18.4 Å². The van der Waals surface area contributed by atoms with Gasteiger partial charge in [0.2, 0.25) is 5.91 Å². The maximum Gasteiger partial charge on any atom is 0.265 e. The average molecular weight is 288 g/mol. The summed E-state index contributed by atoms with van der Waals surface area (Å²) in [4.78, 5) is 23.6. The van der Waals surface area contributed by atoms with Crippen LogP contribution in [0.4, 0.5) is 5.69 Å². The highest BCUT2D eigenvalue weighted by Crippen LogP contribution is 2.30. The number of rotatable bonds is 3. The summed E-state index contributed by atoms with van der Waals surface area (Å²) >= 11 is 0. The van der Waals surface area contributed by atoms with Crippen molar-refractivity contribution < 1.29 is 14.3 Å². The number of amides is 2. The first-order valence-electron chi connectivity index (χ1n) is 7.51. The van der Waals surface area contributed by atoms with Gasteiger partial charge >= 0.3 is 0 Å². The second-order valence-corrected chi connectivity index (χ2v) is 5.81. The summed E-state index contributed by atoms with van der Waals surface area (Å²) in [6, 6.07) is 5.83. The summed E-state index contributed by atoms with van der Waals surface area (Å²) in [6.07, 6.45) is 4.41. The third-order valence-corrected chi connectivity index (χ3v) is 4.06. The molecule has 21 heavy (non-hydrogen) atoms. The Morgan fingerprint density at radius 1 is 1.38 bits per heavy atom. The Bertz CT molecular complexity index is 565. The van der Waals surface area contributed by atoms with Crippen molar-refractivity contribution in [3.63, 3.8) is 0 Å². The highest BCUT2D eigenvalue weighted by Gasteiger charge is 2.24. The lowest BCUT2D eigenvalue weighted by Crippen LogP contribution is -2.35. The van der Waals surface area contributed by atoms with Crippen LogP contribution in [-0.4, -0.2) is 24.0 Å². The fourth-order valence-electron chi connectivity index (χ4n) is 2.90. The SMILES string of the molecule is CC1Oc2ccc(CC(=O)NC3CCCC3)cc2NC1=O. The number of hydrogen-bond acceptors (Lipinski definition) is 3. The molecule has 5 heteroatoms. The molecule has 0 spiro atoms. The van der Waals surface area contributed by atoms with Crippen LogP contribution < -0.4 is 15.4 Å². The fraction of sp³-hybridized carbons (Fsp3) is 0.500. The van der Waals surface area contributed by atoms with Crippen molar-refractivity contribution in [2.24, 2.45) is 0 Å². The molecule has 1 aliphatic carbocycles. The Labute approximate surface area is 124 Å². The van der Waals surface area contributed by atoms with E-state index in [4.69, 9.17) is 4.74 Å². The summed E-state index contributed by atoms with van der Waals surface area (Å²) in [7, 11) is 0. The average Bonchev–Trinajstić information content (AvgIpc) is 2.93. The largest absolute Gasteiger partial charge is 0.479 e. The first-order chi connectivity index (χ1) is 10.1. The van der Waals surface area contributed by atoms with E-state index in [2.05, 4.69) is 10.6 Å². The minimum Gasteiger partial charge on any atom is -0.479 e. The molecule has 1 aliphatic heterocycles. The molecule has 2 amide bonds. The summed E-state index contributed by atoms with van der Waals surface area (Å²) in [5.41, 5.74) is 1.52. The molecule has 1 aromatic rings. The van der Waals surface area contributed by atoms with Crippen LogP contribution in [0.2, 0.25) is 0 Å². The number of nitrogens with one attached hydrogen (secondary N) is 2. The minimum absolute atomic E-state index is 0.0401. The lowest BCUT2D eigenvalue weighted by molar-refractivity contribution is -0.122. The Kier molecular flexibility index (Phi) is 3.82. The predicted octanol–water partition coefficient (Wildman–Crippen LogP) is 2.01. The van der Waals surface area contributed by atoms with E-state index in [9.17, 15) is 9.59 Å². The number of fused-ring (bicyclic) bond motifs is 1. The molecule has 2 aliphatic rings. The van der Waals surface area contributed by atoms with Gasteiger partial charge in [-0.15, -0.1) is 0 Å². The lowest BCUT2D eigenvalue weighted by atomic mass is 10.1. The van der Waals surface area contributed by atoms with Gasteiger partial charge in [-0.05, 0) is 37.5 Å². The van der Waals surface area contributed by atoms with Crippen molar-refractivity contribution in [3.8, 4) is 5.75 Å². The highest BCUT2D eigenvalue weighted by molar-refractivity contribution is 5.97. The van der Waals surface area contributed by atoms with Crippen LogP contribution in [-0.2, 0) is 16.0 Å². The van der Waals surface area contributed by atoms with Crippen molar-refractivity contribution >= 4 is 17.5 Å². The van der Waals surface area contributed by atoms with E-state index in [-0.39, 0.29) is 11.8 Å². The van der Waals surface area contributed by atoms with Crippen LogP contribution >= 0.6 is 0 Å². The van der Waals surface area contributed by atoms with E-state index < -0.39 is 6.10 Å². The molecule has 1 unspecified atom stereocenters. The third kappa shape index (κ3) is 3.17. The van der Waals surface area contributed by atoms with Crippen LogP contribution in [0.5, 0.6) is 5.75 Å². The van der Waals surface area contributed by atoms with E-state index >= 15 is 0 Å². The maximum absolute atomic E-state index is 12.0. The molecule has 0 radical (unpaired) electrons. The molecule has 1 saturated carbocycles. The molecular weight excluding hydrogens is 268 g/mol. The number of hydrogen-bond donors (Lipinski definition) is 2. The predicted molar refractivity (Wildman–Crippen MR) is 79.3 cm³/mol. The molecule has 1 atom stereocenters. The summed E-state index contributed by atoms with van der Waals surface area (Å²) < 4.78 is 5.50. The van der Waals surface area contributed by atoms with E-state index in [1.807, 2.05) is 18.2 Å². The summed E-state index contributed by atoms with van der Waals surface area (Å²) in [6.45, 7) is 1.71. The molecule has 1 fully saturated rings. The smallest absolute Gasteiger partial charge is 0.265 e. The molecule has 5 nitrogen and oxygen atoms in total. The van der Waals surface area contributed by atoms with Crippen molar-refractivity contribution in [1.29, 1.82) is 0 Å². The van der Waals surface area contributed by atoms with Crippen molar-refractivity contribution in [2.45, 2.75) is 51.2 Å². The van der Waals surface area contributed by atoms with Crippen LogP contribution in [0, 0.1) is 0 Å². The van der Waals surface area contributed by atoms with Crippen molar-refractivity contribution in [1.82, 2.24) is 5.32 Å². The monoisotopic (exact) mass is 288 g/mol. The molecule has 0 saturated heterocycles. The van der Waals surface area contributed by atoms with Crippen LogP contribution in [0.1, 0.15) is 38.2 Å². The fourth-order valence-corrected chi connectivity index (χ4v) is 2.90. The number of anilines is 1. The molecule has 2 N–H and O–H groups in total. The van der Waals surface area contributed by atoms with Gasteiger partial charge in [-0.2, -0.15) is 0 Å². The second-order valence-electron chi connectivity index (χ2n) is 5.81. The normalized spacial score (nSPS) is 21.4. The van der Waals surface area contributed by atoms with Crippen LogP contribution in [0.15, 0.2) is 18.2 Å². The van der Waals surface area contributed by atoms with Gasteiger partial charge in [-0.3, -0.25) is 9.59 Å². The first-order valence-corrected chi connectivity index (χ1v) is 7.51. The van der Waals surface area contributed by atoms with Gasteiger partial charge in [-0.1, -0.05) is 18.9 Å². The number of ether oxygens (including phenoxy) is 1. The van der Waals surface area contributed by atoms with Gasteiger partial charge in [0.1, 0.15) is 5.75 Å². The van der Waals surface area contributed by atoms with Crippen molar-refractivity contribution in [3.05, 3.63) is 23.8 Å². The quantitative estimate of drug-likeness (QED) is 0.894. The third-order valence-electron chi connectivity index (χ3n) is 4.06. The van der Waals surface area contributed by atoms with E-state index in [0.29, 0.717) is 23.9 Å². The Hall–Kier alpha value is -2.04. The molecular formula is C16H20N2O3. The van der Waals surface area contributed by atoms with Crippen molar-refractivity contribution in [2.75, 3.05) is 5.32 Å². The zero-order chi connectivity index (χ0) is 14.8. The van der Waals surface area contributed by atoms with Gasteiger partial charge in [-0.25, -0.2) is 0 Å². The molecule has 112 valence electrons. The van der Waals surface area contributed by atoms with Gasteiger partial charge in [0.15, 0.2) is 6.10 Å². The number of carbonyl (C=O) groups excluding carboxylic acids is 2. The summed E-state index contributed by atoms with van der Waals surface area (Å²) in [5, 5.41) is 5.87. The minimum atomic E-state index is -0.478. The highest BCUT2D eigenvalue weighted by atomic mass is 16.5. The lowest BCUT2D eigenvalue weighted by Gasteiger charge is -2.23. The van der Waals surface area contributed by atoms with E-state index in [1.54, 1.807) is 6.92 Å². The van der Waals surface area contributed by atoms with E-state index in [1.165, 1.54) is 12.8 Å². The maximum atomic E-state index is 12.0. The van der Waals surface area contributed by atoms with Crippen LogP contribution in [0.25, 0.3) is 0 Å². The molecule has 3 rings (SSSR count). The first kappa shape index (κ1) is 13.9. The standard InChI is InChI=1S/C16H20N2O3/c1-10-16(20)18-13-8-11(6-7-14(13)21-10)9-15(19)17-12-4-2-3-5-12/h6-8,10,12H,2-5,9H2,1H3,(H,17,19)(H,18,20). The van der Waals surface area contributed by atoms with Gasteiger partial charge < -0.3 is 15.4 Å². The number of carbonyl (C=O) groups is 2. The van der Waals surface area contributed by atoms with Gasteiger partial charge in [0, 0.05) is 6.04 Å². The Morgan fingerprint density at radius 2 is 2.14 bits per heavy atom. The molecule has 0 bridgehead atoms. The zero-order valence-corrected chi connectivity index (χ0v) is 12.1. The number of benzene rings is 1. The Morgan fingerprint density at radius 3 is 2.90 bits per heavy atom. The van der Waals surface area contributed by atoms with Gasteiger partial charge in [0.05, 0.1) is 12.1 Å². The molecule has 1 heterocycles.